The molecule has 1 aliphatic rings. The zero-order valence-electron chi connectivity index (χ0n) is 9.05. The Bertz CT molecular complexity index is 338. The maximum atomic E-state index is 6.28. The molecule has 2 unspecified atom stereocenters. The molecule has 0 bridgehead atoms. The fourth-order valence-corrected chi connectivity index (χ4v) is 3.69. The predicted molar refractivity (Wildman–Crippen MR) is 67.3 cm³/mol. The van der Waals surface area contributed by atoms with Gasteiger partial charge in [0.05, 0.1) is 11.6 Å². The largest absolute Gasteiger partial charge is 0.373 e. The highest BCUT2D eigenvalue weighted by Gasteiger charge is 2.37. The summed E-state index contributed by atoms with van der Waals surface area (Å²) in [5.41, 5.74) is 6.11. The van der Waals surface area contributed by atoms with Gasteiger partial charge in [-0.15, -0.1) is 11.3 Å². The van der Waals surface area contributed by atoms with Crippen LogP contribution in [0.5, 0.6) is 0 Å². The third kappa shape index (κ3) is 2.13. The average molecular weight is 290 g/mol. The Hall–Kier alpha value is 0.100. The molecule has 0 aliphatic carbocycles. The molecule has 4 heteroatoms. The molecule has 2 rings (SSSR count). The SMILES string of the molecule is Cc1sc(C(N)C2(C)CCCO2)cc1Br. The molecule has 2 N–H and O–H groups in total. The van der Waals surface area contributed by atoms with E-state index in [1.807, 2.05) is 0 Å². The van der Waals surface area contributed by atoms with E-state index in [2.05, 4.69) is 35.8 Å². The second-order valence-corrected chi connectivity index (χ2v) is 6.44. The first-order valence-corrected chi connectivity index (χ1v) is 6.79. The Morgan fingerprint density at radius 2 is 2.40 bits per heavy atom. The van der Waals surface area contributed by atoms with Crippen molar-refractivity contribution in [2.45, 2.75) is 38.3 Å². The predicted octanol–water partition coefficient (Wildman–Crippen LogP) is 3.39. The lowest BCUT2D eigenvalue weighted by Gasteiger charge is -2.29. The van der Waals surface area contributed by atoms with Crippen LogP contribution in [0.2, 0.25) is 0 Å². The van der Waals surface area contributed by atoms with Gasteiger partial charge in [0, 0.05) is 20.8 Å². The van der Waals surface area contributed by atoms with Crippen molar-refractivity contribution in [3.63, 3.8) is 0 Å². The second-order valence-electron chi connectivity index (χ2n) is 4.30. The van der Waals surface area contributed by atoms with Crippen molar-refractivity contribution in [2.75, 3.05) is 6.61 Å². The van der Waals surface area contributed by atoms with Gasteiger partial charge in [-0.1, -0.05) is 0 Å². The van der Waals surface area contributed by atoms with E-state index in [4.69, 9.17) is 10.5 Å². The molecule has 0 saturated carbocycles. The van der Waals surface area contributed by atoms with Crippen molar-refractivity contribution in [1.29, 1.82) is 0 Å². The van der Waals surface area contributed by atoms with Gasteiger partial charge in [-0.3, -0.25) is 0 Å². The number of hydrogen-bond acceptors (Lipinski definition) is 3. The van der Waals surface area contributed by atoms with Crippen LogP contribution in [0, 0.1) is 6.92 Å². The molecule has 1 saturated heterocycles. The zero-order chi connectivity index (χ0) is 11.1. The fraction of sp³-hybridized carbons (Fsp3) is 0.636. The normalized spacial score (nSPS) is 28.3. The van der Waals surface area contributed by atoms with E-state index in [9.17, 15) is 0 Å². The standard InChI is InChI=1S/C11H16BrNOS/c1-7-8(12)6-9(15-7)10(13)11(2)4-3-5-14-11/h6,10H,3-5,13H2,1-2H3. The Kier molecular flexibility index (Phi) is 3.22. The topological polar surface area (TPSA) is 35.2 Å². The smallest absolute Gasteiger partial charge is 0.0855 e. The van der Waals surface area contributed by atoms with Gasteiger partial charge in [-0.25, -0.2) is 0 Å². The van der Waals surface area contributed by atoms with Gasteiger partial charge in [0.2, 0.25) is 0 Å². The summed E-state index contributed by atoms with van der Waals surface area (Å²) in [4.78, 5) is 2.49. The number of aryl methyl sites for hydroxylation is 1. The lowest BCUT2D eigenvalue weighted by Crippen LogP contribution is -2.37. The van der Waals surface area contributed by atoms with E-state index in [1.54, 1.807) is 11.3 Å². The summed E-state index contributed by atoms with van der Waals surface area (Å²) in [5, 5.41) is 0. The van der Waals surface area contributed by atoms with E-state index in [-0.39, 0.29) is 11.6 Å². The molecule has 1 aromatic rings. The number of hydrogen-bond donors (Lipinski definition) is 1. The minimum absolute atomic E-state index is 0.00463. The maximum absolute atomic E-state index is 6.28. The molecule has 0 spiro atoms. The van der Waals surface area contributed by atoms with Crippen molar-refractivity contribution in [2.24, 2.45) is 5.73 Å². The minimum Gasteiger partial charge on any atom is -0.373 e. The molecule has 2 nitrogen and oxygen atoms in total. The highest BCUT2D eigenvalue weighted by molar-refractivity contribution is 9.10. The van der Waals surface area contributed by atoms with Crippen LogP contribution in [0.1, 0.15) is 35.6 Å². The van der Waals surface area contributed by atoms with E-state index < -0.39 is 0 Å². The van der Waals surface area contributed by atoms with Crippen LogP contribution in [0.25, 0.3) is 0 Å². The van der Waals surface area contributed by atoms with Crippen molar-refractivity contribution in [3.8, 4) is 0 Å². The van der Waals surface area contributed by atoms with Crippen LogP contribution in [0.4, 0.5) is 0 Å². The Morgan fingerprint density at radius 3 is 2.87 bits per heavy atom. The van der Waals surface area contributed by atoms with Crippen LogP contribution in [-0.4, -0.2) is 12.2 Å². The van der Waals surface area contributed by atoms with Crippen molar-refractivity contribution in [1.82, 2.24) is 0 Å². The van der Waals surface area contributed by atoms with E-state index >= 15 is 0 Å². The molecular formula is C11H16BrNOS. The van der Waals surface area contributed by atoms with Gasteiger partial charge >= 0.3 is 0 Å². The first-order valence-electron chi connectivity index (χ1n) is 5.18. The number of nitrogens with two attached hydrogens (primary N) is 1. The molecule has 0 aromatic carbocycles. The molecule has 1 aromatic heterocycles. The number of rotatable bonds is 2. The molecule has 1 fully saturated rings. The van der Waals surface area contributed by atoms with Crippen molar-refractivity contribution >= 4 is 27.3 Å². The van der Waals surface area contributed by atoms with Crippen LogP contribution < -0.4 is 5.73 Å². The molecule has 0 amide bonds. The fourth-order valence-electron chi connectivity index (χ4n) is 1.98. The molecule has 1 aliphatic heterocycles. The quantitative estimate of drug-likeness (QED) is 0.906. The first kappa shape index (κ1) is 11.6. The Morgan fingerprint density at radius 1 is 1.67 bits per heavy atom. The van der Waals surface area contributed by atoms with Gasteiger partial charge in [0.1, 0.15) is 0 Å². The Balaban J connectivity index is 2.23. The van der Waals surface area contributed by atoms with Gasteiger partial charge in [-0.05, 0) is 48.7 Å². The highest BCUT2D eigenvalue weighted by Crippen LogP contribution is 2.40. The minimum atomic E-state index is -0.170. The monoisotopic (exact) mass is 289 g/mol. The van der Waals surface area contributed by atoms with Gasteiger partial charge in [0.25, 0.3) is 0 Å². The Labute approximate surface area is 103 Å². The van der Waals surface area contributed by atoms with Crippen LogP contribution >= 0.6 is 27.3 Å². The summed E-state index contributed by atoms with van der Waals surface area (Å²) in [6, 6.07) is 2.12. The third-order valence-corrected chi connectivity index (χ3v) is 5.31. The van der Waals surface area contributed by atoms with E-state index in [0.717, 1.165) is 23.9 Å². The number of halogens is 1. The molecule has 2 heterocycles. The lowest BCUT2D eigenvalue weighted by molar-refractivity contribution is -0.000871. The summed E-state index contributed by atoms with van der Waals surface area (Å²) < 4.78 is 6.92. The van der Waals surface area contributed by atoms with E-state index in [0.29, 0.717) is 0 Å². The summed E-state index contributed by atoms with van der Waals surface area (Å²) in [7, 11) is 0. The summed E-state index contributed by atoms with van der Waals surface area (Å²) in [5.74, 6) is 0. The van der Waals surface area contributed by atoms with Gasteiger partial charge < -0.3 is 10.5 Å². The number of thiophene rings is 1. The molecule has 15 heavy (non-hydrogen) atoms. The molecule has 0 radical (unpaired) electrons. The van der Waals surface area contributed by atoms with Crippen LogP contribution in [0.15, 0.2) is 10.5 Å². The average Bonchev–Trinajstić information content (AvgIpc) is 2.75. The van der Waals surface area contributed by atoms with E-state index in [1.165, 1.54) is 9.75 Å². The van der Waals surface area contributed by atoms with Crippen LogP contribution in [0.3, 0.4) is 0 Å². The lowest BCUT2D eigenvalue weighted by atomic mass is 9.93. The zero-order valence-corrected chi connectivity index (χ0v) is 11.5. The summed E-state index contributed by atoms with van der Waals surface area (Å²) >= 11 is 5.28. The van der Waals surface area contributed by atoms with Gasteiger partial charge in [-0.2, -0.15) is 0 Å². The molecule has 84 valence electrons. The van der Waals surface area contributed by atoms with Crippen molar-refractivity contribution < 1.29 is 4.74 Å². The van der Waals surface area contributed by atoms with Gasteiger partial charge in [0.15, 0.2) is 0 Å². The van der Waals surface area contributed by atoms with Crippen molar-refractivity contribution in [3.05, 3.63) is 20.3 Å². The molecular weight excluding hydrogens is 274 g/mol. The summed E-state index contributed by atoms with van der Waals surface area (Å²) in [6.45, 7) is 5.06. The second kappa shape index (κ2) is 4.17. The third-order valence-electron chi connectivity index (χ3n) is 3.09. The highest BCUT2D eigenvalue weighted by atomic mass is 79.9. The number of ether oxygens (including phenoxy) is 1. The first-order chi connectivity index (χ1) is 7.03. The molecule has 2 atom stereocenters. The van der Waals surface area contributed by atoms with Crippen LogP contribution in [-0.2, 0) is 4.74 Å². The summed E-state index contributed by atoms with van der Waals surface area (Å²) in [6.07, 6.45) is 2.18. The maximum Gasteiger partial charge on any atom is 0.0855 e.